The van der Waals surface area contributed by atoms with Crippen LogP contribution in [0.3, 0.4) is 0 Å². The summed E-state index contributed by atoms with van der Waals surface area (Å²) in [5.41, 5.74) is -0.0152. The largest absolute Gasteiger partial charge is 0.367 e. The Bertz CT molecular complexity index is 535. The van der Waals surface area contributed by atoms with E-state index >= 15 is 0 Å². The van der Waals surface area contributed by atoms with Crippen molar-refractivity contribution in [3.63, 3.8) is 0 Å². The van der Waals surface area contributed by atoms with Crippen LogP contribution in [-0.4, -0.2) is 16.0 Å². The van der Waals surface area contributed by atoms with E-state index in [1.54, 1.807) is 0 Å². The Morgan fingerprint density at radius 1 is 1.15 bits per heavy atom. The lowest BCUT2D eigenvalue weighted by Gasteiger charge is -2.18. The molecule has 0 aromatic carbocycles. The first-order valence-electron chi connectivity index (χ1n) is 7.75. The molecule has 3 aliphatic carbocycles. The molecule has 3 saturated carbocycles. The zero-order valence-electron chi connectivity index (χ0n) is 12.4. The van der Waals surface area contributed by atoms with Crippen molar-refractivity contribution >= 4 is 21.7 Å². The first kappa shape index (κ1) is 13.1. The molecule has 0 amide bonds. The van der Waals surface area contributed by atoms with E-state index in [-0.39, 0.29) is 5.41 Å². The number of nitrogens with zero attached hydrogens (tertiary/aromatic N) is 2. The minimum absolute atomic E-state index is 0.0152. The second-order valence-corrected chi connectivity index (χ2v) is 8.62. The Labute approximate surface area is 129 Å². The summed E-state index contributed by atoms with van der Waals surface area (Å²) in [5, 5.41) is 3.69. The van der Waals surface area contributed by atoms with Crippen LogP contribution in [0.25, 0.3) is 0 Å². The van der Waals surface area contributed by atoms with Crippen molar-refractivity contribution in [2.24, 2.45) is 23.7 Å². The molecule has 1 aromatic rings. The van der Waals surface area contributed by atoms with Crippen molar-refractivity contribution in [1.29, 1.82) is 0 Å². The van der Waals surface area contributed by atoms with E-state index < -0.39 is 0 Å². The Balaban J connectivity index is 1.54. The van der Waals surface area contributed by atoms with Gasteiger partial charge in [-0.15, -0.1) is 0 Å². The molecule has 20 heavy (non-hydrogen) atoms. The highest BCUT2D eigenvalue weighted by Crippen LogP contribution is 2.66. The standard InChI is InChI=1S/C16H22BrN3/c1-16(2,3)15-18-10(17)7-11(20-15)19-14-12-8-4-5-9(6-8)13(12)14/h7-9,12-14H,4-6H2,1-3H3,(H,18,19,20). The van der Waals surface area contributed by atoms with Gasteiger partial charge in [-0.3, -0.25) is 0 Å². The van der Waals surface area contributed by atoms with Crippen LogP contribution in [0.4, 0.5) is 5.82 Å². The van der Waals surface area contributed by atoms with Gasteiger partial charge < -0.3 is 5.32 Å². The molecule has 2 bridgehead atoms. The Kier molecular flexibility index (Phi) is 2.73. The Morgan fingerprint density at radius 2 is 1.80 bits per heavy atom. The first-order chi connectivity index (χ1) is 9.43. The third kappa shape index (κ3) is 1.99. The van der Waals surface area contributed by atoms with Crippen molar-refractivity contribution < 1.29 is 0 Å². The monoisotopic (exact) mass is 335 g/mol. The summed E-state index contributed by atoms with van der Waals surface area (Å²) in [6, 6.07) is 2.70. The molecule has 1 N–H and O–H groups in total. The van der Waals surface area contributed by atoms with E-state index in [0.717, 1.165) is 39.9 Å². The van der Waals surface area contributed by atoms with E-state index in [1.165, 1.54) is 19.3 Å². The lowest BCUT2D eigenvalue weighted by atomic mass is 9.96. The summed E-state index contributed by atoms with van der Waals surface area (Å²) in [4.78, 5) is 9.24. The number of aromatic nitrogens is 2. The first-order valence-corrected chi connectivity index (χ1v) is 8.54. The number of anilines is 1. The average molecular weight is 336 g/mol. The Hall–Kier alpha value is -0.640. The van der Waals surface area contributed by atoms with Gasteiger partial charge in [0, 0.05) is 17.5 Å². The van der Waals surface area contributed by atoms with Crippen LogP contribution in [-0.2, 0) is 5.41 Å². The van der Waals surface area contributed by atoms with Crippen molar-refractivity contribution in [3.05, 3.63) is 16.5 Å². The molecule has 0 spiro atoms. The highest BCUT2D eigenvalue weighted by Gasteiger charge is 2.65. The maximum atomic E-state index is 4.73. The van der Waals surface area contributed by atoms with E-state index in [0.29, 0.717) is 6.04 Å². The number of hydrogen-bond donors (Lipinski definition) is 1. The van der Waals surface area contributed by atoms with Gasteiger partial charge in [-0.05, 0) is 58.9 Å². The molecule has 4 unspecified atom stereocenters. The molecule has 3 aliphatic rings. The summed E-state index contributed by atoms with van der Waals surface area (Å²) in [6.07, 6.45) is 4.42. The minimum atomic E-state index is -0.0152. The van der Waals surface area contributed by atoms with Crippen molar-refractivity contribution in [2.45, 2.75) is 51.5 Å². The van der Waals surface area contributed by atoms with E-state index in [2.05, 4.69) is 47.0 Å². The molecular weight excluding hydrogens is 314 g/mol. The number of rotatable bonds is 2. The van der Waals surface area contributed by atoms with Crippen molar-refractivity contribution in [1.82, 2.24) is 9.97 Å². The summed E-state index contributed by atoms with van der Waals surface area (Å²) in [6.45, 7) is 6.47. The van der Waals surface area contributed by atoms with Crippen LogP contribution >= 0.6 is 15.9 Å². The van der Waals surface area contributed by atoms with Crippen LogP contribution < -0.4 is 5.32 Å². The van der Waals surface area contributed by atoms with Gasteiger partial charge >= 0.3 is 0 Å². The molecule has 1 aromatic heterocycles. The highest BCUT2D eigenvalue weighted by atomic mass is 79.9. The van der Waals surface area contributed by atoms with Crippen LogP contribution in [0.1, 0.15) is 45.9 Å². The SMILES string of the molecule is CC(C)(C)c1nc(Br)cc(NC2C3C4CCC(C4)C23)n1. The second-order valence-electron chi connectivity index (χ2n) is 7.81. The number of halogens is 1. The maximum absolute atomic E-state index is 4.73. The predicted molar refractivity (Wildman–Crippen MR) is 83.7 cm³/mol. The quantitative estimate of drug-likeness (QED) is 0.830. The number of hydrogen-bond acceptors (Lipinski definition) is 3. The van der Waals surface area contributed by atoms with Gasteiger partial charge in [0.05, 0.1) is 0 Å². The molecule has 3 fully saturated rings. The van der Waals surface area contributed by atoms with Gasteiger partial charge in [0.15, 0.2) is 0 Å². The lowest BCUT2D eigenvalue weighted by molar-refractivity contribution is 0.456. The van der Waals surface area contributed by atoms with Crippen LogP contribution in [0.5, 0.6) is 0 Å². The molecule has 0 saturated heterocycles. The number of fused-ring (bicyclic) bond motifs is 5. The fourth-order valence-electron chi connectivity index (χ4n) is 4.52. The summed E-state index contributed by atoms with van der Waals surface area (Å²) in [7, 11) is 0. The molecule has 3 nitrogen and oxygen atoms in total. The molecule has 4 rings (SSSR count). The summed E-state index contributed by atoms with van der Waals surface area (Å²) < 4.78 is 0.883. The molecular formula is C16H22BrN3. The zero-order chi connectivity index (χ0) is 14.1. The molecule has 0 aliphatic heterocycles. The normalized spacial score (nSPS) is 37.9. The van der Waals surface area contributed by atoms with Gasteiger partial charge in [-0.2, -0.15) is 0 Å². The highest BCUT2D eigenvalue weighted by molar-refractivity contribution is 9.10. The maximum Gasteiger partial charge on any atom is 0.137 e. The number of nitrogens with one attached hydrogen (secondary N) is 1. The van der Waals surface area contributed by atoms with Gasteiger partial charge in [0.25, 0.3) is 0 Å². The van der Waals surface area contributed by atoms with Crippen molar-refractivity contribution in [3.8, 4) is 0 Å². The van der Waals surface area contributed by atoms with Crippen LogP contribution in [0.2, 0.25) is 0 Å². The molecule has 1 heterocycles. The van der Waals surface area contributed by atoms with Crippen LogP contribution in [0.15, 0.2) is 10.7 Å². The van der Waals surface area contributed by atoms with Crippen molar-refractivity contribution in [2.75, 3.05) is 5.32 Å². The Morgan fingerprint density at radius 3 is 2.40 bits per heavy atom. The lowest BCUT2D eigenvalue weighted by Crippen LogP contribution is -2.19. The summed E-state index contributed by atoms with van der Waals surface area (Å²) >= 11 is 3.52. The fourth-order valence-corrected chi connectivity index (χ4v) is 4.90. The van der Waals surface area contributed by atoms with E-state index in [4.69, 9.17) is 4.98 Å². The molecule has 0 radical (unpaired) electrons. The van der Waals surface area contributed by atoms with E-state index in [9.17, 15) is 0 Å². The third-order valence-corrected chi connectivity index (χ3v) is 5.82. The molecule has 108 valence electrons. The smallest absolute Gasteiger partial charge is 0.137 e. The third-order valence-electron chi connectivity index (χ3n) is 5.42. The average Bonchev–Trinajstić information content (AvgIpc) is 2.77. The molecule has 4 heteroatoms. The van der Waals surface area contributed by atoms with Gasteiger partial charge in [-0.1, -0.05) is 20.8 Å². The predicted octanol–water partition coefficient (Wildman–Crippen LogP) is 3.99. The minimum Gasteiger partial charge on any atom is -0.367 e. The van der Waals surface area contributed by atoms with Gasteiger partial charge in [0.2, 0.25) is 0 Å². The topological polar surface area (TPSA) is 37.8 Å². The van der Waals surface area contributed by atoms with E-state index in [1.807, 2.05) is 6.07 Å². The van der Waals surface area contributed by atoms with Crippen LogP contribution in [0, 0.1) is 23.7 Å². The second kappa shape index (κ2) is 4.19. The summed E-state index contributed by atoms with van der Waals surface area (Å²) in [5.74, 6) is 5.75. The van der Waals surface area contributed by atoms with Gasteiger partial charge in [-0.25, -0.2) is 9.97 Å². The van der Waals surface area contributed by atoms with Gasteiger partial charge in [0.1, 0.15) is 16.2 Å². The molecule has 4 atom stereocenters. The zero-order valence-corrected chi connectivity index (χ0v) is 13.9. The fraction of sp³-hybridized carbons (Fsp3) is 0.750.